The molecule has 0 aliphatic heterocycles. The lowest BCUT2D eigenvalue weighted by molar-refractivity contribution is -0.112. The molecule has 150 valence electrons. The number of aryl methyl sites for hydroxylation is 1. The lowest BCUT2D eigenvalue weighted by atomic mass is 10.1. The van der Waals surface area contributed by atoms with Gasteiger partial charge in [-0.25, -0.2) is 4.79 Å². The minimum atomic E-state index is -1.10. The number of furan rings is 1. The molecule has 0 atom stereocenters. The average Bonchev–Trinajstić information content (AvgIpc) is 3.17. The predicted molar refractivity (Wildman–Crippen MR) is 115 cm³/mol. The van der Waals surface area contributed by atoms with E-state index in [0.717, 1.165) is 5.56 Å². The van der Waals surface area contributed by atoms with E-state index in [2.05, 4.69) is 5.32 Å². The van der Waals surface area contributed by atoms with E-state index in [4.69, 9.17) is 32.7 Å². The Morgan fingerprint density at radius 1 is 1.10 bits per heavy atom. The second kappa shape index (κ2) is 8.87. The minimum Gasteiger partial charge on any atom is -0.478 e. The topological polar surface area (TPSA) is 103 Å². The van der Waals surface area contributed by atoms with Crippen molar-refractivity contribution in [2.24, 2.45) is 0 Å². The van der Waals surface area contributed by atoms with Gasteiger partial charge in [0.2, 0.25) is 0 Å². The molecule has 30 heavy (non-hydrogen) atoms. The molecule has 0 radical (unpaired) electrons. The van der Waals surface area contributed by atoms with Crippen molar-refractivity contribution in [1.29, 1.82) is 5.26 Å². The van der Waals surface area contributed by atoms with Crippen LogP contribution in [0.5, 0.6) is 0 Å². The number of benzene rings is 2. The van der Waals surface area contributed by atoms with E-state index in [1.165, 1.54) is 24.3 Å². The molecule has 8 heteroatoms. The lowest BCUT2D eigenvalue weighted by Gasteiger charge is -2.06. The van der Waals surface area contributed by atoms with Gasteiger partial charge in [-0.15, -0.1) is 0 Å². The Morgan fingerprint density at radius 3 is 2.53 bits per heavy atom. The van der Waals surface area contributed by atoms with Crippen LogP contribution < -0.4 is 5.32 Å². The summed E-state index contributed by atoms with van der Waals surface area (Å²) in [6.07, 6.45) is 1.28. The van der Waals surface area contributed by atoms with Crippen molar-refractivity contribution in [3.8, 4) is 17.4 Å². The monoisotopic (exact) mass is 440 g/mol. The molecular formula is C22H14Cl2N2O4. The van der Waals surface area contributed by atoms with E-state index in [9.17, 15) is 14.9 Å². The molecule has 0 aliphatic rings. The Kier molecular flexibility index (Phi) is 6.26. The Balaban J connectivity index is 1.86. The number of rotatable bonds is 5. The summed E-state index contributed by atoms with van der Waals surface area (Å²) < 4.78 is 5.65. The van der Waals surface area contributed by atoms with E-state index < -0.39 is 11.9 Å². The third kappa shape index (κ3) is 4.71. The number of carboxylic acids is 1. The molecule has 6 nitrogen and oxygen atoms in total. The summed E-state index contributed by atoms with van der Waals surface area (Å²) in [6.45, 7) is 1.83. The van der Waals surface area contributed by atoms with Gasteiger partial charge in [-0.1, -0.05) is 29.3 Å². The van der Waals surface area contributed by atoms with Crippen LogP contribution in [0.1, 0.15) is 21.7 Å². The maximum absolute atomic E-state index is 12.4. The molecule has 1 heterocycles. The van der Waals surface area contributed by atoms with Crippen LogP contribution in [0.25, 0.3) is 17.4 Å². The molecule has 0 fully saturated rings. The second-order valence-corrected chi connectivity index (χ2v) is 7.10. The first-order valence-corrected chi connectivity index (χ1v) is 9.36. The Labute approximate surface area is 182 Å². The maximum atomic E-state index is 12.4. The number of nitriles is 1. The quantitative estimate of drug-likeness (QED) is 0.385. The zero-order valence-electron chi connectivity index (χ0n) is 15.6. The van der Waals surface area contributed by atoms with Crippen LogP contribution in [0.2, 0.25) is 10.0 Å². The number of nitrogens with one attached hydrogen (secondary N) is 1. The Bertz CT molecular complexity index is 1220. The number of anilines is 1. The van der Waals surface area contributed by atoms with Gasteiger partial charge in [-0.3, -0.25) is 4.79 Å². The highest BCUT2D eigenvalue weighted by Crippen LogP contribution is 2.31. The number of hydrogen-bond donors (Lipinski definition) is 2. The molecular weight excluding hydrogens is 427 g/mol. The number of carbonyl (C=O) groups excluding carboxylic acids is 1. The number of carboxylic acid groups (broad SMARTS) is 1. The highest BCUT2D eigenvalue weighted by atomic mass is 35.5. The molecule has 0 unspecified atom stereocenters. The summed E-state index contributed by atoms with van der Waals surface area (Å²) in [6, 6.07) is 14.2. The largest absolute Gasteiger partial charge is 0.478 e. The van der Waals surface area contributed by atoms with Gasteiger partial charge in [0.25, 0.3) is 5.91 Å². The molecule has 0 spiro atoms. The molecule has 0 aliphatic carbocycles. The van der Waals surface area contributed by atoms with Gasteiger partial charge in [0.15, 0.2) is 0 Å². The standard InChI is InChI=1S/C22H14Cl2N2O4/c1-12-2-4-15(10-19(12)24)26-21(27)14(11-25)8-16-5-7-20(30-16)17-9-13(22(28)29)3-6-18(17)23/h2-10H,1H3,(H,26,27)(H,28,29)/b14-8-. The molecule has 3 rings (SSSR count). The molecule has 2 N–H and O–H groups in total. The highest BCUT2D eigenvalue weighted by Gasteiger charge is 2.14. The van der Waals surface area contributed by atoms with Crippen LogP contribution in [0, 0.1) is 18.3 Å². The van der Waals surface area contributed by atoms with E-state index >= 15 is 0 Å². The third-order valence-corrected chi connectivity index (χ3v) is 4.92. The van der Waals surface area contributed by atoms with Gasteiger partial charge >= 0.3 is 5.97 Å². The molecule has 1 aromatic heterocycles. The van der Waals surface area contributed by atoms with E-state index in [0.29, 0.717) is 27.1 Å². The average molecular weight is 441 g/mol. The number of amides is 1. The maximum Gasteiger partial charge on any atom is 0.335 e. The van der Waals surface area contributed by atoms with Crippen molar-refractivity contribution in [1.82, 2.24) is 0 Å². The zero-order valence-corrected chi connectivity index (χ0v) is 17.1. The molecule has 0 saturated heterocycles. The van der Waals surface area contributed by atoms with Crippen LogP contribution in [-0.2, 0) is 4.79 Å². The van der Waals surface area contributed by atoms with Crippen molar-refractivity contribution in [3.63, 3.8) is 0 Å². The molecule has 3 aromatic rings. The van der Waals surface area contributed by atoms with Crippen molar-refractivity contribution in [2.45, 2.75) is 6.92 Å². The van der Waals surface area contributed by atoms with Gasteiger partial charge in [0.05, 0.1) is 10.6 Å². The fourth-order valence-electron chi connectivity index (χ4n) is 2.58. The third-order valence-electron chi connectivity index (χ3n) is 4.19. The smallest absolute Gasteiger partial charge is 0.335 e. The summed E-state index contributed by atoms with van der Waals surface area (Å²) in [5.41, 5.74) is 1.57. The van der Waals surface area contributed by atoms with Crippen LogP contribution in [0.4, 0.5) is 5.69 Å². The van der Waals surface area contributed by atoms with E-state index in [1.54, 1.807) is 30.3 Å². The highest BCUT2D eigenvalue weighted by molar-refractivity contribution is 6.33. The van der Waals surface area contributed by atoms with Gasteiger partial charge in [-0.2, -0.15) is 5.26 Å². The summed E-state index contributed by atoms with van der Waals surface area (Å²) >= 11 is 12.2. The number of hydrogen-bond acceptors (Lipinski definition) is 4. The van der Waals surface area contributed by atoms with Gasteiger partial charge in [0, 0.05) is 22.3 Å². The van der Waals surface area contributed by atoms with Crippen LogP contribution >= 0.6 is 23.2 Å². The molecule has 1 amide bonds. The first-order chi connectivity index (χ1) is 14.3. The summed E-state index contributed by atoms with van der Waals surface area (Å²) in [4.78, 5) is 23.6. The van der Waals surface area contributed by atoms with Gasteiger partial charge in [-0.05, 0) is 55.0 Å². The first kappa shape index (κ1) is 21.2. The number of halogens is 2. The van der Waals surface area contributed by atoms with E-state index in [-0.39, 0.29) is 16.9 Å². The summed E-state index contributed by atoms with van der Waals surface area (Å²) in [7, 11) is 0. The summed E-state index contributed by atoms with van der Waals surface area (Å²) in [5, 5.41) is 21.9. The van der Waals surface area contributed by atoms with Gasteiger partial charge < -0.3 is 14.8 Å². The SMILES string of the molecule is Cc1ccc(NC(=O)/C(C#N)=C\c2ccc(-c3cc(C(=O)O)ccc3Cl)o2)cc1Cl. The van der Waals surface area contributed by atoms with Crippen LogP contribution in [0.3, 0.4) is 0 Å². The van der Waals surface area contributed by atoms with Crippen molar-refractivity contribution < 1.29 is 19.1 Å². The number of carbonyl (C=O) groups is 2. The van der Waals surface area contributed by atoms with Crippen LogP contribution in [-0.4, -0.2) is 17.0 Å². The second-order valence-electron chi connectivity index (χ2n) is 6.29. The van der Waals surface area contributed by atoms with Crippen molar-refractivity contribution in [2.75, 3.05) is 5.32 Å². The molecule has 0 bridgehead atoms. The normalized spacial score (nSPS) is 11.1. The Morgan fingerprint density at radius 2 is 1.87 bits per heavy atom. The van der Waals surface area contributed by atoms with Gasteiger partial charge in [0.1, 0.15) is 23.2 Å². The predicted octanol–water partition coefficient (Wildman–Crippen LogP) is 5.81. The Hall–Kier alpha value is -3.53. The minimum absolute atomic E-state index is 0.0525. The first-order valence-electron chi connectivity index (χ1n) is 8.61. The lowest BCUT2D eigenvalue weighted by Crippen LogP contribution is -2.13. The fraction of sp³-hybridized carbons (Fsp3) is 0.0455. The van der Waals surface area contributed by atoms with Crippen molar-refractivity contribution in [3.05, 3.63) is 81.0 Å². The zero-order chi connectivity index (χ0) is 21.8. The number of nitrogens with zero attached hydrogens (tertiary/aromatic N) is 1. The van der Waals surface area contributed by atoms with Crippen molar-refractivity contribution >= 4 is 46.8 Å². The molecule has 2 aromatic carbocycles. The van der Waals surface area contributed by atoms with E-state index in [1.807, 2.05) is 13.0 Å². The number of aromatic carboxylic acids is 1. The van der Waals surface area contributed by atoms with Crippen LogP contribution in [0.15, 0.2) is 58.5 Å². The fourth-order valence-corrected chi connectivity index (χ4v) is 2.97. The summed E-state index contributed by atoms with van der Waals surface area (Å²) in [5.74, 6) is -1.19. The molecule has 0 saturated carbocycles.